The molecule has 162 valence electrons. The fourth-order valence-electron chi connectivity index (χ4n) is 5.38. The lowest BCUT2D eigenvalue weighted by Crippen LogP contribution is -2.67. The first-order chi connectivity index (χ1) is 15.1. The van der Waals surface area contributed by atoms with Crippen LogP contribution in [0.1, 0.15) is 36.4 Å². The monoisotopic (exact) mass is 421 g/mol. The number of piperidine rings is 1. The molecule has 3 amide bonds. The Morgan fingerprint density at radius 3 is 2.68 bits per heavy atom. The number of urea groups is 1. The van der Waals surface area contributed by atoms with Gasteiger partial charge in [0.05, 0.1) is 26.3 Å². The number of rotatable bonds is 3. The molecule has 3 aliphatic rings. The highest BCUT2D eigenvalue weighted by Gasteiger charge is 2.52. The maximum absolute atomic E-state index is 13.4. The summed E-state index contributed by atoms with van der Waals surface area (Å²) >= 11 is 0. The van der Waals surface area contributed by atoms with Gasteiger partial charge in [0.15, 0.2) is 0 Å². The van der Waals surface area contributed by atoms with Crippen molar-refractivity contribution in [1.82, 2.24) is 9.80 Å². The van der Waals surface area contributed by atoms with E-state index < -0.39 is 6.04 Å². The minimum atomic E-state index is -0.402. The highest BCUT2D eigenvalue weighted by atomic mass is 16.5. The zero-order chi connectivity index (χ0) is 21.5. The van der Waals surface area contributed by atoms with Gasteiger partial charge in [-0.15, -0.1) is 0 Å². The van der Waals surface area contributed by atoms with Crippen molar-refractivity contribution in [2.75, 3.05) is 26.1 Å². The number of amides is 3. The molecule has 0 aromatic heterocycles. The standard InChI is InChI=1S/C24H27N3O4/c1-30-17-6-3-5-16(14-17)25-24(29)27-20-7-4-8-21(27)23(28)26-12-11-15-13-18(31-2)9-10-19(15)22(20)26/h3,5-6,9-10,13-14,20-22H,4,7-8,11-12H2,1-2H3,(H,25,29). The van der Waals surface area contributed by atoms with Gasteiger partial charge in [0.1, 0.15) is 17.5 Å². The third-order valence-electron chi connectivity index (χ3n) is 6.79. The molecule has 5 rings (SSSR count). The third-order valence-corrected chi connectivity index (χ3v) is 6.79. The first-order valence-corrected chi connectivity index (χ1v) is 10.8. The molecule has 0 spiro atoms. The number of hydrogen-bond donors (Lipinski definition) is 1. The smallest absolute Gasteiger partial charge is 0.322 e. The van der Waals surface area contributed by atoms with Gasteiger partial charge in [-0.2, -0.15) is 0 Å². The summed E-state index contributed by atoms with van der Waals surface area (Å²) in [6, 6.07) is 12.6. The molecule has 0 radical (unpaired) electrons. The summed E-state index contributed by atoms with van der Waals surface area (Å²) in [7, 11) is 3.26. The van der Waals surface area contributed by atoms with Crippen LogP contribution in [0.2, 0.25) is 0 Å². The van der Waals surface area contributed by atoms with Gasteiger partial charge in [-0.1, -0.05) is 12.1 Å². The number of methoxy groups -OCH3 is 2. The second kappa shape index (κ2) is 7.80. The Labute approximate surface area is 181 Å². The first kappa shape index (κ1) is 19.7. The van der Waals surface area contributed by atoms with E-state index in [0.29, 0.717) is 24.4 Å². The molecule has 3 aliphatic heterocycles. The Morgan fingerprint density at radius 1 is 1.06 bits per heavy atom. The Bertz CT molecular complexity index is 1020. The summed E-state index contributed by atoms with van der Waals surface area (Å²) in [6.07, 6.45) is 3.34. The van der Waals surface area contributed by atoms with Crippen LogP contribution in [-0.4, -0.2) is 54.6 Å². The Morgan fingerprint density at radius 2 is 1.87 bits per heavy atom. The third kappa shape index (κ3) is 3.28. The van der Waals surface area contributed by atoms with Crippen molar-refractivity contribution in [2.24, 2.45) is 0 Å². The molecule has 0 aliphatic carbocycles. The van der Waals surface area contributed by atoms with Gasteiger partial charge in [0.2, 0.25) is 5.91 Å². The van der Waals surface area contributed by atoms with Gasteiger partial charge in [-0.25, -0.2) is 4.79 Å². The van der Waals surface area contributed by atoms with E-state index in [-0.39, 0.29) is 24.0 Å². The van der Waals surface area contributed by atoms with Crippen molar-refractivity contribution in [1.29, 1.82) is 0 Å². The van der Waals surface area contributed by atoms with Crippen molar-refractivity contribution in [2.45, 2.75) is 43.8 Å². The maximum atomic E-state index is 13.4. The van der Waals surface area contributed by atoms with Crippen LogP contribution in [0.5, 0.6) is 11.5 Å². The molecule has 2 fully saturated rings. The van der Waals surface area contributed by atoms with E-state index in [0.717, 1.165) is 30.6 Å². The van der Waals surface area contributed by atoms with E-state index in [4.69, 9.17) is 9.47 Å². The maximum Gasteiger partial charge on any atom is 0.322 e. The summed E-state index contributed by atoms with van der Waals surface area (Å²) in [5.74, 6) is 1.56. The predicted molar refractivity (Wildman–Crippen MR) is 116 cm³/mol. The average molecular weight is 421 g/mol. The molecule has 7 heteroatoms. The molecular weight excluding hydrogens is 394 g/mol. The summed E-state index contributed by atoms with van der Waals surface area (Å²) < 4.78 is 10.7. The molecule has 2 aromatic rings. The van der Waals surface area contributed by atoms with E-state index in [9.17, 15) is 9.59 Å². The highest BCUT2D eigenvalue weighted by Crippen LogP contribution is 2.45. The molecule has 2 saturated heterocycles. The lowest BCUT2D eigenvalue weighted by atomic mass is 9.78. The van der Waals surface area contributed by atoms with Gasteiger partial charge >= 0.3 is 6.03 Å². The van der Waals surface area contributed by atoms with E-state index in [1.54, 1.807) is 25.2 Å². The minimum absolute atomic E-state index is 0.0468. The molecule has 31 heavy (non-hydrogen) atoms. The number of piperazine rings is 1. The number of ether oxygens (including phenoxy) is 2. The van der Waals surface area contributed by atoms with Crippen molar-refractivity contribution in [3.8, 4) is 11.5 Å². The largest absolute Gasteiger partial charge is 0.497 e. The SMILES string of the molecule is COc1cccc(NC(=O)N2C3CCCC2C2c4ccc(OC)cc4CCN2C3=O)c1. The lowest BCUT2D eigenvalue weighted by molar-refractivity contribution is -0.152. The molecule has 7 nitrogen and oxygen atoms in total. The van der Waals surface area contributed by atoms with Gasteiger partial charge in [0.25, 0.3) is 0 Å². The fourth-order valence-corrected chi connectivity index (χ4v) is 5.38. The van der Waals surface area contributed by atoms with Crippen molar-refractivity contribution >= 4 is 17.6 Å². The van der Waals surface area contributed by atoms with Gasteiger partial charge in [-0.3, -0.25) is 4.79 Å². The van der Waals surface area contributed by atoms with Crippen molar-refractivity contribution in [3.05, 3.63) is 53.6 Å². The number of nitrogens with zero attached hydrogens (tertiary/aromatic N) is 2. The Balaban J connectivity index is 1.49. The molecule has 3 unspecified atom stereocenters. The number of nitrogens with one attached hydrogen (secondary N) is 1. The second-order valence-corrected chi connectivity index (χ2v) is 8.37. The van der Waals surface area contributed by atoms with Crippen LogP contribution in [0.3, 0.4) is 0 Å². The highest BCUT2D eigenvalue weighted by molar-refractivity contribution is 5.95. The predicted octanol–water partition coefficient (Wildman–Crippen LogP) is 3.60. The zero-order valence-corrected chi connectivity index (χ0v) is 17.8. The van der Waals surface area contributed by atoms with Crippen LogP contribution >= 0.6 is 0 Å². The second-order valence-electron chi connectivity index (χ2n) is 8.37. The van der Waals surface area contributed by atoms with Gasteiger partial charge in [0, 0.05) is 18.3 Å². The number of fused-ring (bicyclic) bond motifs is 6. The average Bonchev–Trinajstić information content (AvgIpc) is 2.81. The number of hydrogen-bond acceptors (Lipinski definition) is 4. The van der Waals surface area contributed by atoms with Crippen LogP contribution in [0.4, 0.5) is 10.5 Å². The first-order valence-electron chi connectivity index (χ1n) is 10.8. The quantitative estimate of drug-likeness (QED) is 0.822. The topological polar surface area (TPSA) is 71.1 Å². The summed E-state index contributed by atoms with van der Waals surface area (Å²) in [5, 5.41) is 2.99. The van der Waals surface area contributed by atoms with Crippen LogP contribution in [0.15, 0.2) is 42.5 Å². The van der Waals surface area contributed by atoms with Crippen molar-refractivity contribution < 1.29 is 19.1 Å². The Hall–Kier alpha value is -3.22. The van der Waals surface area contributed by atoms with Gasteiger partial charge in [-0.05, 0) is 61.1 Å². The lowest BCUT2D eigenvalue weighted by Gasteiger charge is -2.55. The summed E-state index contributed by atoms with van der Waals surface area (Å²) in [5.41, 5.74) is 2.99. The molecular formula is C24H27N3O4. The van der Waals surface area contributed by atoms with Crippen LogP contribution in [0, 0.1) is 0 Å². The van der Waals surface area contributed by atoms with Crippen LogP contribution < -0.4 is 14.8 Å². The molecule has 3 atom stereocenters. The molecule has 2 aromatic carbocycles. The molecule has 0 saturated carbocycles. The summed E-state index contributed by atoms with van der Waals surface area (Å²) in [6.45, 7) is 0.683. The van der Waals surface area contributed by atoms with E-state index >= 15 is 0 Å². The minimum Gasteiger partial charge on any atom is -0.497 e. The molecule has 1 N–H and O–H groups in total. The van der Waals surface area contributed by atoms with Crippen LogP contribution in [0.25, 0.3) is 0 Å². The normalized spacial score (nSPS) is 24.2. The number of anilines is 1. The number of carbonyl (C=O) groups is 2. The van der Waals surface area contributed by atoms with E-state index in [2.05, 4.69) is 17.4 Å². The van der Waals surface area contributed by atoms with E-state index in [1.807, 2.05) is 29.2 Å². The van der Waals surface area contributed by atoms with Gasteiger partial charge < -0.3 is 24.6 Å². The Kier molecular flexibility index (Phi) is 4.96. The van der Waals surface area contributed by atoms with Crippen LogP contribution in [-0.2, 0) is 11.2 Å². The number of carbonyl (C=O) groups excluding carboxylic acids is 2. The zero-order valence-electron chi connectivity index (χ0n) is 17.8. The molecule has 3 heterocycles. The van der Waals surface area contributed by atoms with Crippen molar-refractivity contribution in [3.63, 3.8) is 0 Å². The summed E-state index contributed by atoms with van der Waals surface area (Å²) in [4.78, 5) is 30.6. The molecule has 2 bridgehead atoms. The number of benzene rings is 2. The van der Waals surface area contributed by atoms with E-state index in [1.165, 1.54) is 5.56 Å². The fraction of sp³-hybridized carbons (Fsp3) is 0.417.